The smallest absolute Gasteiger partial charge is 0.310 e. The molecule has 1 aliphatic heterocycles. The monoisotopic (exact) mass is 513 g/mol. The van der Waals surface area contributed by atoms with Gasteiger partial charge in [-0.15, -0.1) is 0 Å². The van der Waals surface area contributed by atoms with Crippen LogP contribution in [0.3, 0.4) is 0 Å². The molecular weight excluding hydrogens is 493 g/mol. The van der Waals surface area contributed by atoms with E-state index in [9.17, 15) is 29.6 Å². The molecule has 0 saturated carbocycles. The first-order chi connectivity index (χ1) is 15.3. The highest BCUT2D eigenvalue weighted by Gasteiger charge is 2.65. The van der Waals surface area contributed by atoms with Gasteiger partial charge in [-0.2, -0.15) is 11.8 Å². The van der Waals surface area contributed by atoms with Crippen LogP contribution in [0.1, 0.15) is 11.8 Å². The summed E-state index contributed by atoms with van der Waals surface area (Å²) in [6.07, 6.45) is 0.437. The first-order valence-electron chi connectivity index (χ1n) is 9.53. The topological polar surface area (TPSA) is 105 Å². The van der Waals surface area contributed by atoms with Crippen LogP contribution in [-0.4, -0.2) is 60.1 Å². The molecule has 182 valence electrons. The molecule has 33 heavy (non-hydrogen) atoms. The number of imidazole rings is 1. The normalized spacial score (nSPS) is 25.7. The molecule has 0 spiro atoms. The third-order valence-corrected chi connectivity index (χ3v) is 6.91. The lowest BCUT2D eigenvalue weighted by Crippen LogP contribution is -2.32. The van der Waals surface area contributed by atoms with Crippen LogP contribution in [0.2, 0.25) is 0 Å². The number of anilines is 1. The molecule has 0 aliphatic carbocycles. The van der Waals surface area contributed by atoms with Crippen molar-refractivity contribution in [3.8, 4) is 0 Å². The highest BCUT2D eigenvalue weighted by atomic mass is 32.5. The number of thioether (sulfide) groups is 1. The Kier molecular flexibility index (Phi) is 5.56. The van der Waals surface area contributed by atoms with Crippen molar-refractivity contribution in [2.24, 2.45) is 0 Å². The van der Waals surface area contributed by atoms with Gasteiger partial charge in [0.15, 0.2) is 23.2 Å². The number of halogens is 5. The number of ether oxygens (including phenoxy) is 1. The molecule has 3 aromatic rings. The number of nitrogens with zero attached hydrogens (tertiary/aromatic N) is 4. The maximum atomic E-state index is 13.1. The summed E-state index contributed by atoms with van der Waals surface area (Å²) < 4.78 is 72.6. The molecule has 1 aliphatic rings. The lowest BCUT2D eigenvalue weighted by Gasteiger charge is -2.40. The zero-order valence-corrected chi connectivity index (χ0v) is 18.6. The molecule has 0 bridgehead atoms. The molecule has 0 amide bonds. The van der Waals surface area contributed by atoms with Crippen LogP contribution in [0.4, 0.5) is 25.2 Å². The zero-order valence-electron chi connectivity index (χ0n) is 17.0. The van der Waals surface area contributed by atoms with E-state index in [1.54, 1.807) is 0 Å². The Morgan fingerprint density at radius 1 is 1.12 bits per heavy atom. The molecule has 1 aromatic carbocycles. The number of aromatic nitrogens is 4. The summed E-state index contributed by atoms with van der Waals surface area (Å²) in [5.41, 5.74) is 0.429. The van der Waals surface area contributed by atoms with Gasteiger partial charge < -0.3 is 20.3 Å². The lowest BCUT2D eigenvalue weighted by atomic mass is 10.1. The predicted molar refractivity (Wildman–Crippen MR) is 115 cm³/mol. The Labute approximate surface area is 188 Å². The van der Waals surface area contributed by atoms with E-state index in [0.29, 0.717) is 17.9 Å². The van der Waals surface area contributed by atoms with E-state index in [2.05, 4.69) is 20.3 Å². The van der Waals surface area contributed by atoms with Crippen LogP contribution in [0, 0.1) is 0 Å². The van der Waals surface area contributed by atoms with E-state index < -0.39 is 39.7 Å². The van der Waals surface area contributed by atoms with Crippen LogP contribution in [0.15, 0.2) is 41.8 Å². The fraction of sp³-hybridized carbons (Fsp3) is 0.389. The van der Waals surface area contributed by atoms with Gasteiger partial charge >= 0.3 is 10.2 Å². The van der Waals surface area contributed by atoms with Crippen molar-refractivity contribution in [3.63, 3.8) is 0 Å². The Bertz CT molecular complexity index is 1180. The fourth-order valence-corrected chi connectivity index (χ4v) is 4.82. The van der Waals surface area contributed by atoms with Gasteiger partial charge in [0.2, 0.25) is 0 Å². The van der Waals surface area contributed by atoms with Gasteiger partial charge in [-0.25, -0.2) is 15.0 Å². The summed E-state index contributed by atoms with van der Waals surface area (Å²) in [5.74, 6) is 0.603. The number of benzene rings is 1. The molecule has 1 saturated heterocycles. The summed E-state index contributed by atoms with van der Waals surface area (Å²) in [7, 11) is -9.79. The van der Waals surface area contributed by atoms with Crippen LogP contribution >= 0.6 is 22.0 Å². The van der Waals surface area contributed by atoms with Gasteiger partial charge in [-0.3, -0.25) is 4.57 Å². The predicted octanol–water partition coefficient (Wildman–Crippen LogP) is 4.08. The first-order valence-corrected chi connectivity index (χ1v) is 12.9. The van der Waals surface area contributed by atoms with Crippen molar-refractivity contribution in [1.29, 1.82) is 0 Å². The fourth-order valence-electron chi connectivity index (χ4n) is 3.51. The Hall–Kier alpha value is -2.20. The quantitative estimate of drug-likeness (QED) is 0.406. The van der Waals surface area contributed by atoms with E-state index in [-0.39, 0.29) is 29.1 Å². The van der Waals surface area contributed by atoms with Crippen molar-refractivity contribution in [2.75, 3.05) is 17.3 Å². The molecule has 0 radical (unpaired) electrons. The summed E-state index contributed by atoms with van der Waals surface area (Å²) >= 11 is 1.44. The first kappa shape index (κ1) is 23.9. The van der Waals surface area contributed by atoms with Gasteiger partial charge in [0.25, 0.3) is 0 Å². The van der Waals surface area contributed by atoms with Gasteiger partial charge in [0.05, 0.1) is 12.4 Å². The second kappa shape index (κ2) is 7.66. The van der Waals surface area contributed by atoms with Crippen LogP contribution in [0.5, 0.6) is 0 Å². The maximum Gasteiger partial charge on any atom is 0.310 e. The van der Waals surface area contributed by atoms with Gasteiger partial charge in [-0.1, -0.05) is 31.6 Å². The van der Waals surface area contributed by atoms with Crippen LogP contribution < -0.4 is 5.32 Å². The number of nitrogens with one attached hydrogen (secondary N) is 1. The van der Waals surface area contributed by atoms with Crippen molar-refractivity contribution in [3.05, 3.63) is 42.5 Å². The Morgan fingerprint density at radius 2 is 1.88 bits per heavy atom. The number of aliphatic hydroxyl groups is 2. The number of rotatable bonds is 7. The molecule has 0 unspecified atom stereocenters. The van der Waals surface area contributed by atoms with Crippen molar-refractivity contribution in [2.45, 2.75) is 36.0 Å². The Balaban J connectivity index is 1.58. The van der Waals surface area contributed by atoms with E-state index in [1.807, 2.05) is 6.26 Å². The summed E-state index contributed by atoms with van der Waals surface area (Å²) in [5, 5.41) is 23.4. The standard InChI is InChI=1S/C18H20F5N5O3S2/c1-32-7-12-14(29)15(30)18(31-12)28-9-27-13-16(25-8-26-17(13)28)24-6-10-3-2-4-11(5-10)33(19,20,21,22)23/h2-5,8-9,12,14-15,18,29-30H,6-7H2,1H3,(H,24,25,26)/t12-,14-,15-,18-/m1/s1. The Morgan fingerprint density at radius 3 is 2.58 bits per heavy atom. The molecule has 2 aromatic heterocycles. The van der Waals surface area contributed by atoms with E-state index in [4.69, 9.17) is 4.74 Å². The second-order valence-corrected chi connectivity index (χ2v) is 10.8. The summed E-state index contributed by atoms with van der Waals surface area (Å²) in [4.78, 5) is 10.4. The largest absolute Gasteiger partial charge is 0.387 e. The number of hydrogen-bond acceptors (Lipinski definition) is 8. The van der Waals surface area contributed by atoms with Crippen molar-refractivity contribution < 1.29 is 34.4 Å². The van der Waals surface area contributed by atoms with Gasteiger partial charge in [0, 0.05) is 12.3 Å². The average molecular weight is 514 g/mol. The molecule has 1 fully saturated rings. The minimum atomic E-state index is -9.79. The summed E-state index contributed by atoms with van der Waals surface area (Å²) in [6.45, 7) is -0.238. The minimum absolute atomic E-state index is 0.0375. The lowest BCUT2D eigenvalue weighted by molar-refractivity contribution is -0.0288. The van der Waals surface area contributed by atoms with Gasteiger partial charge in [-0.05, 0) is 24.0 Å². The zero-order chi connectivity index (χ0) is 24.1. The van der Waals surface area contributed by atoms with Crippen molar-refractivity contribution in [1.82, 2.24) is 19.5 Å². The number of aliphatic hydroxyl groups excluding tert-OH is 2. The van der Waals surface area contributed by atoms with Gasteiger partial charge in [0.1, 0.15) is 23.4 Å². The van der Waals surface area contributed by atoms with E-state index in [0.717, 1.165) is 6.07 Å². The molecule has 3 heterocycles. The molecular formula is C18H20F5N5O3S2. The molecule has 3 N–H and O–H groups in total. The number of fused-ring (bicyclic) bond motifs is 1. The molecule has 15 heteroatoms. The van der Waals surface area contributed by atoms with E-state index >= 15 is 0 Å². The molecule has 8 nitrogen and oxygen atoms in total. The SMILES string of the molecule is CSC[C@H]1O[C@@H](n2cnc3c(NCc4cccc(S(F)(F)(F)(F)F)c4)ncnc32)[C@H](O)[C@@H]1O. The number of hydrogen-bond donors (Lipinski definition) is 3. The second-order valence-electron chi connectivity index (χ2n) is 7.52. The van der Waals surface area contributed by atoms with Crippen LogP contribution in [0.25, 0.3) is 11.2 Å². The molecule has 4 rings (SSSR count). The molecule has 4 atom stereocenters. The average Bonchev–Trinajstić information content (AvgIpc) is 3.28. The van der Waals surface area contributed by atoms with Crippen molar-refractivity contribution >= 4 is 39.0 Å². The minimum Gasteiger partial charge on any atom is -0.387 e. The highest BCUT2D eigenvalue weighted by molar-refractivity contribution is 8.45. The third kappa shape index (κ3) is 4.87. The third-order valence-electron chi connectivity index (χ3n) is 5.10. The van der Waals surface area contributed by atoms with Crippen LogP contribution in [-0.2, 0) is 11.3 Å². The van der Waals surface area contributed by atoms with E-state index in [1.165, 1.54) is 35.0 Å². The maximum absolute atomic E-state index is 13.1. The highest BCUT2D eigenvalue weighted by Crippen LogP contribution is 3.02. The summed E-state index contributed by atoms with van der Waals surface area (Å²) in [6, 6.07) is 2.90.